The number of urea groups is 1. The SMILES string of the molecule is CCC(CN(C)C)NC(=O)N(C)Cc1ccc2nsnc2c1. The molecule has 1 heterocycles. The van der Waals surface area contributed by atoms with Gasteiger partial charge in [-0.05, 0) is 38.2 Å². The first-order chi connectivity index (χ1) is 10.5. The molecule has 0 spiro atoms. The highest BCUT2D eigenvalue weighted by atomic mass is 32.1. The van der Waals surface area contributed by atoms with E-state index in [0.29, 0.717) is 6.54 Å². The van der Waals surface area contributed by atoms with Crippen molar-refractivity contribution < 1.29 is 4.79 Å². The summed E-state index contributed by atoms with van der Waals surface area (Å²) in [5, 5.41) is 3.07. The van der Waals surface area contributed by atoms with Crippen molar-refractivity contribution in [3.05, 3.63) is 23.8 Å². The Morgan fingerprint density at radius 2 is 2.00 bits per heavy atom. The predicted octanol–water partition coefficient (Wildman–Crippen LogP) is 2.17. The van der Waals surface area contributed by atoms with Crippen LogP contribution in [0.25, 0.3) is 11.0 Å². The summed E-state index contributed by atoms with van der Waals surface area (Å²) in [5.74, 6) is 0. The van der Waals surface area contributed by atoms with Gasteiger partial charge in [-0.25, -0.2) is 4.79 Å². The van der Waals surface area contributed by atoms with Crippen molar-refractivity contribution in [2.45, 2.75) is 25.9 Å². The number of nitrogens with zero attached hydrogens (tertiary/aromatic N) is 4. The zero-order valence-electron chi connectivity index (χ0n) is 13.5. The average molecular weight is 321 g/mol. The van der Waals surface area contributed by atoms with E-state index in [-0.39, 0.29) is 12.1 Å². The first kappa shape index (κ1) is 16.6. The number of carbonyl (C=O) groups excluding carboxylic acids is 1. The quantitative estimate of drug-likeness (QED) is 0.886. The fourth-order valence-electron chi connectivity index (χ4n) is 2.27. The van der Waals surface area contributed by atoms with E-state index in [0.717, 1.165) is 29.6 Å². The second-order valence-corrected chi connectivity index (χ2v) is 6.29. The van der Waals surface area contributed by atoms with Gasteiger partial charge < -0.3 is 15.1 Å². The fourth-order valence-corrected chi connectivity index (χ4v) is 2.79. The number of hydrogen-bond donors (Lipinski definition) is 1. The molecule has 2 aromatic rings. The highest BCUT2D eigenvalue weighted by molar-refractivity contribution is 7.00. The second-order valence-electron chi connectivity index (χ2n) is 5.76. The number of nitrogens with one attached hydrogen (secondary N) is 1. The van der Waals surface area contributed by atoms with Gasteiger partial charge in [-0.3, -0.25) is 0 Å². The summed E-state index contributed by atoms with van der Waals surface area (Å²) in [4.78, 5) is 16.1. The molecule has 0 bridgehead atoms. The van der Waals surface area contributed by atoms with Crippen LogP contribution in [0.15, 0.2) is 18.2 Å². The Morgan fingerprint density at radius 3 is 2.68 bits per heavy atom. The third-order valence-electron chi connectivity index (χ3n) is 3.49. The molecule has 120 valence electrons. The van der Waals surface area contributed by atoms with Crippen molar-refractivity contribution >= 4 is 28.8 Å². The highest BCUT2D eigenvalue weighted by Crippen LogP contribution is 2.14. The van der Waals surface area contributed by atoms with E-state index >= 15 is 0 Å². The Labute approximate surface area is 135 Å². The Bertz CT molecular complexity index is 627. The molecule has 6 nitrogen and oxygen atoms in total. The van der Waals surface area contributed by atoms with E-state index in [1.807, 2.05) is 32.3 Å². The van der Waals surface area contributed by atoms with E-state index in [9.17, 15) is 4.79 Å². The standard InChI is InChI=1S/C15H23N5OS/c1-5-12(10-19(2)3)16-15(21)20(4)9-11-6-7-13-14(8-11)18-22-17-13/h6-8,12H,5,9-10H2,1-4H3,(H,16,21). The van der Waals surface area contributed by atoms with E-state index in [2.05, 4.69) is 25.9 Å². The maximum absolute atomic E-state index is 12.3. The number of amides is 2. The minimum atomic E-state index is -0.0507. The zero-order valence-corrected chi connectivity index (χ0v) is 14.4. The molecular weight excluding hydrogens is 298 g/mol. The summed E-state index contributed by atoms with van der Waals surface area (Å²) in [5.41, 5.74) is 2.84. The van der Waals surface area contributed by atoms with Crippen LogP contribution < -0.4 is 5.32 Å². The summed E-state index contributed by atoms with van der Waals surface area (Å²) in [6.07, 6.45) is 0.911. The van der Waals surface area contributed by atoms with Gasteiger partial charge in [-0.15, -0.1) is 0 Å². The number of carbonyl (C=O) groups is 1. The van der Waals surface area contributed by atoms with Gasteiger partial charge in [0.25, 0.3) is 0 Å². The van der Waals surface area contributed by atoms with Gasteiger partial charge in [0, 0.05) is 26.2 Å². The second kappa shape index (κ2) is 7.51. The average Bonchev–Trinajstić information content (AvgIpc) is 2.93. The predicted molar refractivity (Wildman–Crippen MR) is 90.0 cm³/mol. The molecule has 1 aromatic carbocycles. The van der Waals surface area contributed by atoms with Gasteiger partial charge >= 0.3 is 6.03 Å². The Balaban J connectivity index is 1.95. The molecule has 2 amide bonds. The van der Waals surface area contributed by atoms with Crippen molar-refractivity contribution in [3.63, 3.8) is 0 Å². The number of fused-ring (bicyclic) bond motifs is 1. The summed E-state index contributed by atoms with van der Waals surface area (Å²) < 4.78 is 8.42. The maximum Gasteiger partial charge on any atom is 0.317 e. The van der Waals surface area contributed by atoms with E-state index in [1.54, 1.807) is 11.9 Å². The van der Waals surface area contributed by atoms with Gasteiger partial charge in [0.05, 0.1) is 11.7 Å². The number of aromatic nitrogens is 2. The third-order valence-corrected chi connectivity index (χ3v) is 4.05. The summed E-state index contributed by atoms with van der Waals surface area (Å²) in [7, 11) is 5.83. The molecule has 0 aliphatic rings. The highest BCUT2D eigenvalue weighted by Gasteiger charge is 2.15. The lowest BCUT2D eigenvalue weighted by Gasteiger charge is -2.25. The van der Waals surface area contributed by atoms with Crippen molar-refractivity contribution in [2.24, 2.45) is 0 Å². The van der Waals surface area contributed by atoms with Crippen LogP contribution in [0.3, 0.4) is 0 Å². The first-order valence-electron chi connectivity index (χ1n) is 7.37. The molecule has 1 aromatic heterocycles. The van der Waals surface area contributed by atoms with Crippen LogP contribution in [-0.2, 0) is 6.54 Å². The minimum Gasteiger partial charge on any atom is -0.334 e. The van der Waals surface area contributed by atoms with Crippen LogP contribution in [0.4, 0.5) is 4.79 Å². The normalized spacial score (nSPS) is 12.6. The summed E-state index contributed by atoms with van der Waals surface area (Å²) in [6.45, 7) is 3.47. The van der Waals surface area contributed by atoms with Crippen molar-refractivity contribution in [2.75, 3.05) is 27.7 Å². The first-order valence-corrected chi connectivity index (χ1v) is 8.10. The molecule has 0 fully saturated rings. The van der Waals surface area contributed by atoms with Gasteiger partial charge in [-0.1, -0.05) is 13.0 Å². The fraction of sp³-hybridized carbons (Fsp3) is 0.533. The lowest BCUT2D eigenvalue weighted by molar-refractivity contribution is 0.198. The molecule has 0 saturated heterocycles. The van der Waals surface area contributed by atoms with Gasteiger partial charge in [0.2, 0.25) is 0 Å². The number of likely N-dealkylation sites (N-methyl/N-ethyl adjacent to an activating group) is 1. The van der Waals surface area contributed by atoms with Crippen LogP contribution >= 0.6 is 11.7 Å². The van der Waals surface area contributed by atoms with Crippen LogP contribution in [-0.4, -0.2) is 58.3 Å². The van der Waals surface area contributed by atoms with Crippen LogP contribution in [0.5, 0.6) is 0 Å². The van der Waals surface area contributed by atoms with Crippen molar-refractivity contribution in [3.8, 4) is 0 Å². The Hall–Kier alpha value is -1.73. The topological polar surface area (TPSA) is 61.4 Å². The lowest BCUT2D eigenvalue weighted by Crippen LogP contribution is -2.46. The monoisotopic (exact) mass is 321 g/mol. The number of benzene rings is 1. The van der Waals surface area contributed by atoms with Crippen molar-refractivity contribution in [1.82, 2.24) is 23.9 Å². The maximum atomic E-state index is 12.3. The van der Waals surface area contributed by atoms with Gasteiger partial charge in [-0.2, -0.15) is 8.75 Å². The van der Waals surface area contributed by atoms with Crippen LogP contribution in [0, 0.1) is 0 Å². The molecule has 22 heavy (non-hydrogen) atoms. The summed E-state index contributed by atoms with van der Waals surface area (Å²) >= 11 is 1.21. The molecular formula is C15H23N5OS. The molecule has 0 aliphatic carbocycles. The minimum absolute atomic E-state index is 0.0507. The van der Waals surface area contributed by atoms with Crippen LogP contribution in [0.1, 0.15) is 18.9 Å². The molecule has 0 saturated carbocycles. The van der Waals surface area contributed by atoms with E-state index in [4.69, 9.17) is 0 Å². The molecule has 1 N–H and O–H groups in total. The van der Waals surface area contributed by atoms with Gasteiger partial charge in [0.1, 0.15) is 11.0 Å². The molecule has 7 heteroatoms. The van der Waals surface area contributed by atoms with E-state index < -0.39 is 0 Å². The Morgan fingerprint density at radius 1 is 1.27 bits per heavy atom. The smallest absolute Gasteiger partial charge is 0.317 e. The largest absolute Gasteiger partial charge is 0.334 e. The third kappa shape index (κ3) is 4.38. The molecule has 1 unspecified atom stereocenters. The van der Waals surface area contributed by atoms with Crippen molar-refractivity contribution in [1.29, 1.82) is 0 Å². The lowest BCUT2D eigenvalue weighted by atomic mass is 10.2. The molecule has 2 rings (SSSR count). The number of rotatable bonds is 6. The summed E-state index contributed by atoms with van der Waals surface area (Å²) in [6, 6.07) is 6.03. The van der Waals surface area contributed by atoms with Crippen LogP contribution in [0.2, 0.25) is 0 Å². The number of hydrogen-bond acceptors (Lipinski definition) is 5. The van der Waals surface area contributed by atoms with Gasteiger partial charge in [0.15, 0.2) is 0 Å². The zero-order chi connectivity index (χ0) is 16.1. The molecule has 1 atom stereocenters. The molecule has 0 aliphatic heterocycles. The van der Waals surface area contributed by atoms with E-state index in [1.165, 1.54) is 11.7 Å². The molecule has 0 radical (unpaired) electrons. The Kier molecular flexibility index (Phi) is 5.68.